The van der Waals surface area contributed by atoms with Gasteiger partial charge in [-0.2, -0.15) is 0 Å². The van der Waals surface area contributed by atoms with Gasteiger partial charge in [0.2, 0.25) is 0 Å². The van der Waals surface area contributed by atoms with Gasteiger partial charge in [0.25, 0.3) is 5.91 Å². The van der Waals surface area contributed by atoms with Crippen LogP contribution in [0.2, 0.25) is 0 Å². The van der Waals surface area contributed by atoms with Gasteiger partial charge in [-0.1, -0.05) is 6.07 Å². The Bertz CT molecular complexity index is 535. The Kier molecular flexibility index (Phi) is 4.80. The number of aromatic hydroxyl groups is 1. The summed E-state index contributed by atoms with van der Waals surface area (Å²) in [5, 5.41) is 18.2. The van der Waals surface area contributed by atoms with Gasteiger partial charge in [0.15, 0.2) is 0 Å². The second kappa shape index (κ2) is 6.58. The summed E-state index contributed by atoms with van der Waals surface area (Å²) >= 11 is 0. The van der Waals surface area contributed by atoms with Crippen molar-refractivity contribution in [3.05, 3.63) is 29.3 Å². The van der Waals surface area contributed by atoms with Crippen LogP contribution in [0.3, 0.4) is 0 Å². The number of aryl methyl sites for hydroxylation is 1. The topological polar surface area (TPSA) is 87.1 Å². The van der Waals surface area contributed by atoms with E-state index in [4.69, 9.17) is 9.84 Å². The van der Waals surface area contributed by atoms with Gasteiger partial charge in [0.1, 0.15) is 12.4 Å². The molecule has 1 aromatic rings. The van der Waals surface area contributed by atoms with Crippen LogP contribution >= 0.6 is 0 Å². The van der Waals surface area contributed by atoms with Crippen LogP contribution in [0, 0.1) is 6.92 Å². The van der Waals surface area contributed by atoms with E-state index < -0.39 is 5.97 Å². The molecule has 1 fully saturated rings. The van der Waals surface area contributed by atoms with Crippen LogP contribution < -0.4 is 0 Å². The molecule has 0 aliphatic carbocycles. The number of nitrogens with zero attached hydrogens (tertiary/aromatic N) is 1. The number of carbonyl (C=O) groups excluding carboxylic acids is 1. The van der Waals surface area contributed by atoms with Crippen LogP contribution in [-0.4, -0.2) is 52.8 Å². The van der Waals surface area contributed by atoms with Crippen LogP contribution in [0.15, 0.2) is 18.2 Å². The van der Waals surface area contributed by atoms with Crippen molar-refractivity contribution in [2.45, 2.75) is 25.9 Å². The lowest BCUT2D eigenvalue weighted by Gasteiger charge is -2.31. The minimum absolute atomic E-state index is 0.112. The molecule has 2 rings (SSSR count). The molecule has 1 amide bonds. The average Bonchev–Trinajstić information content (AvgIpc) is 2.48. The predicted molar refractivity (Wildman–Crippen MR) is 75.4 cm³/mol. The van der Waals surface area contributed by atoms with Crippen molar-refractivity contribution in [3.8, 4) is 5.75 Å². The van der Waals surface area contributed by atoms with Crippen molar-refractivity contribution in [3.63, 3.8) is 0 Å². The van der Waals surface area contributed by atoms with Gasteiger partial charge >= 0.3 is 5.97 Å². The standard InChI is InChI=1S/C15H19NO5/c1-10-2-3-11(8-13(10)17)15(20)16-6-4-12(5-7-16)21-9-14(18)19/h2-3,8,12,17H,4-7,9H2,1H3,(H,18,19). The average molecular weight is 293 g/mol. The third-order valence-electron chi connectivity index (χ3n) is 3.63. The lowest BCUT2D eigenvalue weighted by Crippen LogP contribution is -2.41. The number of aliphatic carboxylic acids is 1. The first-order valence-electron chi connectivity index (χ1n) is 6.89. The highest BCUT2D eigenvalue weighted by Gasteiger charge is 2.24. The molecule has 1 saturated heterocycles. The highest BCUT2D eigenvalue weighted by Crippen LogP contribution is 2.21. The van der Waals surface area contributed by atoms with Gasteiger partial charge < -0.3 is 19.8 Å². The molecule has 1 aromatic carbocycles. The zero-order valence-electron chi connectivity index (χ0n) is 11.9. The van der Waals surface area contributed by atoms with Gasteiger partial charge in [0, 0.05) is 18.7 Å². The molecular weight excluding hydrogens is 274 g/mol. The molecule has 6 heteroatoms. The highest BCUT2D eigenvalue weighted by molar-refractivity contribution is 5.94. The number of hydrogen-bond acceptors (Lipinski definition) is 4. The number of rotatable bonds is 4. The summed E-state index contributed by atoms with van der Waals surface area (Å²) in [6, 6.07) is 4.89. The predicted octanol–water partition coefficient (Wildman–Crippen LogP) is 1.41. The number of ether oxygens (including phenoxy) is 1. The number of hydrogen-bond donors (Lipinski definition) is 2. The number of phenolic OH excluding ortho intramolecular Hbond substituents is 1. The molecule has 0 atom stereocenters. The highest BCUT2D eigenvalue weighted by atomic mass is 16.5. The molecule has 21 heavy (non-hydrogen) atoms. The molecule has 0 radical (unpaired) electrons. The molecule has 0 aromatic heterocycles. The summed E-state index contributed by atoms with van der Waals surface area (Å²) in [5.74, 6) is -0.994. The second-order valence-corrected chi connectivity index (χ2v) is 5.20. The maximum atomic E-state index is 12.3. The van der Waals surface area contributed by atoms with E-state index in [1.165, 1.54) is 6.07 Å². The van der Waals surface area contributed by atoms with Gasteiger partial charge in [-0.3, -0.25) is 4.79 Å². The minimum Gasteiger partial charge on any atom is -0.508 e. The Labute approximate surface area is 122 Å². The summed E-state index contributed by atoms with van der Waals surface area (Å²) in [5.41, 5.74) is 1.19. The molecule has 0 spiro atoms. The van der Waals surface area contributed by atoms with E-state index >= 15 is 0 Å². The molecule has 0 unspecified atom stereocenters. The summed E-state index contributed by atoms with van der Waals surface area (Å²) in [7, 11) is 0. The number of carboxylic acid groups (broad SMARTS) is 1. The van der Waals surface area contributed by atoms with E-state index in [0.29, 0.717) is 31.5 Å². The van der Waals surface area contributed by atoms with Gasteiger partial charge in [0.05, 0.1) is 6.10 Å². The first-order chi connectivity index (χ1) is 9.97. The fourth-order valence-corrected chi connectivity index (χ4v) is 2.34. The van der Waals surface area contributed by atoms with Gasteiger partial charge in [-0.15, -0.1) is 0 Å². The molecule has 1 aliphatic heterocycles. The lowest BCUT2D eigenvalue weighted by molar-refractivity contribution is -0.145. The first-order valence-corrected chi connectivity index (χ1v) is 6.89. The van der Waals surface area contributed by atoms with E-state index in [2.05, 4.69) is 0 Å². The Balaban J connectivity index is 1.90. The first kappa shape index (κ1) is 15.3. The second-order valence-electron chi connectivity index (χ2n) is 5.20. The van der Waals surface area contributed by atoms with Crippen molar-refractivity contribution < 1.29 is 24.5 Å². The number of phenols is 1. The van der Waals surface area contributed by atoms with E-state index in [1.807, 2.05) is 0 Å². The van der Waals surface area contributed by atoms with E-state index in [0.717, 1.165) is 5.56 Å². The van der Waals surface area contributed by atoms with Crippen LogP contribution in [0.25, 0.3) is 0 Å². The molecule has 6 nitrogen and oxygen atoms in total. The van der Waals surface area contributed by atoms with E-state index in [1.54, 1.807) is 24.0 Å². The zero-order valence-corrected chi connectivity index (χ0v) is 11.9. The Morgan fingerprint density at radius 1 is 1.33 bits per heavy atom. The van der Waals surface area contributed by atoms with E-state index in [-0.39, 0.29) is 24.4 Å². The Morgan fingerprint density at radius 2 is 2.00 bits per heavy atom. The van der Waals surface area contributed by atoms with Crippen molar-refractivity contribution in [2.24, 2.45) is 0 Å². The smallest absolute Gasteiger partial charge is 0.329 e. The fraction of sp³-hybridized carbons (Fsp3) is 0.467. The third kappa shape index (κ3) is 3.95. The molecular formula is C15H19NO5. The number of piperidine rings is 1. The van der Waals surface area contributed by atoms with Crippen LogP contribution in [-0.2, 0) is 9.53 Å². The summed E-state index contributed by atoms with van der Waals surface area (Å²) in [6.45, 7) is 2.52. The largest absolute Gasteiger partial charge is 0.508 e. The fourth-order valence-electron chi connectivity index (χ4n) is 2.34. The van der Waals surface area contributed by atoms with Crippen LogP contribution in [0.5, 0.6) is 5.75 Å². The van der Waals surface area contributed by atoms with Crippen molar-refractivity contribution >= 4 is 11.9 Å². The van der Waals surface area contributed by atoms with Gasteiger partial charge in [-0.25, -0.2) is 4.79 Å². The maximum Gasteiger partial charge on any atom is 0.329 e. The van der Waals surface area contributed by atoms with Crippen molar-refractivity contribution in [1.29, 1.82) is 0 Å². The molecule has 114 valence electrons. The third-order valence-corrected chi connectivity index (χ3v) is 3.63. The molecule has 1 aliphatic rings. The summed E-state index contributed by atoms with van der Waals surface area (Å²) in [4.78, 5) is 24.5. The lowest BCUT2D eigenvalue weighted by atomic mass is 10.1. The number of benzene rings is 1. The number of likely N-dealkylation sites (tertiary alicyclic amines) is 1. The molecule has 2 N–H and O–H groups in total. The Morgan fingerprint density at radius 3 is 2.57 bits per heavy atom. The SMILES string of the molecule is Cc1ccc(C(=O)N2CCC(OCC(=O)O)CC2)cc1O. The normalized spacial score (nSPS) is 16.0. The van der Waals surface area contributed by atoms with Crippen LogP contribution in [0.1, 0.15) is 28.8 Å². The minimum atomic E-state index is -0.983. The summed E-state index contributed by atoms with van der Waals surface area (Å²) in [6.07, 6.45) is 1.13. The molecule has 0 saturated carbocycles. The number of carboxylic acids is 1. The van der Waals surface area contributed by atoms with Crippen LogP contribution in [0.4, 0.5) is 0 Å². The zero-order chi connectivity index (χ0) is 15.4. The molecule has 0 bridgehead atoms. The number of carbonyl (C=O) groups is 2. The summed E-state index contributed by atoms with van der Waals surface area (Å²) < 4.78 is 5.24. The van der Waals surface area contributed by atoms with Gasteiger partial charge in [-0.05, 0) is 37.5 Å². The van der Waals surface area contributed by atoms with E-state index in [9.17, 15) is 14.7 Å². The monoisotopic (exact) mass is 293 g/mol. The van der Waals surface area contributed by atoms with Crippen molar-refractivity contribution in [2.75, 3.05) is 19.7 Å². The molecule has 1 heterocycles. The van der Waals surface area contributed by atoms with Crippen molar-refractivity contribution in [1.82, 2.24) is 4.90 Å². The number of amides is 1. The Hall–Kier alpha value is -2.08. The quantitative estimate of drug-likeness (QED) is 0.876. The maximum absolute atomic E-state index is 12.3.